The van der Waals surface area contributed by atoms with Gasteiger partial charge >= 0.3 is 5.97 Å². The Morgan fingerprint density at radius 1 is 1.26 bits per heavy atom. The van der Waals surface area contributed by atoms with E-state index in [0.717, 1.165) is 5.56 Å². The third kappa shape index (κ3) is 4.52. The number of carboxylic acids is 1. The fraction of sp³-hybridized carbons (Fsp3) is 0.438. The zero-order chi connectivity index (χ0) is 14.4. The number of rotatable bonds is 7. The van der Waals surface area contributed by atoms with Gasteiger partial charge in [0, 0.05) is 12.6 Å². The van der Waals surface area contributed by atoms with Crippen LogP contribution in [0.5, 0.6) is 0 Å². The van der Waals surface area contributed by atoms with E-state index in [1.807, 2.05) is 11.8 Å². The Morgan fingerprint density at radius 3 is 2.21 bits per heavy atom. The second-order valence-corrected chi connectivity index (χ2v) is 5.11. The Kier molecular flexibility index (Phi) is 5.77. The molecular weight excluding hydrogens is 238 g/mol. The van der Waals surface area contributed by atoms with E-state index in [1.165, 1.54) is 5.56 Å². The molecule has 0 amide bonds. The van der Waals surface area contributed by atoms with Gasteiger partial charge in [-0.15, -0.1) is 6.58 Å². The minimum absolute atomic E-state index is 0.0269. The minimum Gasteiger partial charge on any atom is -0.480 e. The Labute approximate surface area is 115 Å². The van der Waals surface area contributed by atoms with Gasteiger partial charge in [-0.2, -0.15) is 0 Å². The number of carboxylic acid groups (broad SMARTS) is 1. The average Bonchev–Trinajstić information content (AvgIpc) is 2.37. The first-order valence-electron chi connectivity index (χ1n) is 6.62. The molecule has 0 radical (unpaired) electrons. The lowest BCUT2D eigenvalue weighted by molar-refractivity contribution is -0.138. The molecule has 0 saturated carbocycles. The first-order valence-corrected chi connectivity index (χ1v) is 6.62. The maximum Gasteiger partial charge on any atom is 0.317 e. The Balaban J connectivity index is 2.85. The van der Waals surface area contributed by atoms with Crippen molar-refractivity contribution in [1.29, 1.82) is 0 Å². The van der Waals surface area contributed by atoms with Crippen LogP contribution in [-0.4, -0.2) is 29.1 Å². The molecule has 1 N–H and O–H groups in total. The zero-order valence-corrected chi connectivity index (χ0v) is 12.0. The summed E-state index contributed by atoms with van der Waals surface area (Å²) in [6.45, 7) is 10.6. The van der Waals surface area contributed by atoms with Gasteiger partial charge in [0.15, 0.2) is 0 Å². The fourth-order valence-electron chi connectivity index (χ4n) is 2.07. The van der Waals surface area contributed by atoms with Crippen LogP contribution in [0, 0.1) is 0 Å². The van der Waals surface area contributed by atoms with Crippen molar-refractivity contribution >= 4 is 5.97 Å². The van der Waals surface area contributed by atoms with Gasteiger partial charge in [-0.25, -0.2) is 0 Å². The van der Waals surface area contributed by atoms with Gasteiger partial charge in [0.25, 0.3) is 0 Å². The third-order valence-electron chi connectivity index (χ3n) is 3.34. The molecule has 0 aliphatic heterocycles. The molecule has 1 atom stereocenters. The molecule has 19 heavy (non-hydrogen) atoms. The van der Waals surface area contributed by atoms with E-state index in [2.05, 4.69) is 44.7 Å². The predicted molar refractivity (Wildman–Crippen MR) is 78.4 cm³/mol. The molecule has 0 aliphatic rings. The molecule has 0 aromatic heterocycles. The highest BCUT2D eigenvalue weighted by Gasteiger charge is 2.17. The van der Waals surface area contributed by atoms with Crippen molar-refractivity contribution in [2.75, 3.05) is 13.1 Å². The molecule has 0 fully saturated rings. The van der Waals surface area contributed by atoms with Crippen molar-refractivity contribution in [3.05, 3.63) is 48.0 Å². The summed E-state index contributed by atoms with van der Waals surface area (Å²) in [5.74, 6) is -0.305. The Morgan fingerprint density at radius 2 is 1.79 bits per heavy atom. The minimum atomic E-state index is -0.812. The van der Waals surface area contributed by atoms with Crippen LogP contribution in [0.1, 0.15) is 43.9 Å². The summed E-state index contributed by atoms with van der Waals surface area (Å²) in [7, 11) is 0. The largest absolute Gasteiger partial charge is 0.480 e. The highest BCUT2D eigenvalue weighted by Crippen LogP contribution is 2.22. The molecule has 3 nitrogen and oxygen atoms in total. The second-order valence-electron chi connectivity index (χ2n) is 5.11. The van der Waals surface area contributed by atoms with Crippen molar-refractivity contribution in [3.63, 3.8) is 0 Å². The molecule has 0 saturated heterocycles. The molecule has 1 unspecified atom stereocenters. The van der Waals surface area contributed by atoms with Gasteiger partial charge in [-0.05, 0) is 24.0 Å². The normalized spacial score (nSPS) is 12.7. The van der Waals surface area contributed by atoms with E-state index in [4.69, 9.17) is 5.11 Å². The summed E-state index contributed by atoms with van der Waals surface area (Å²) in [6.07, 6.45) is 1.74. The van der Waals surface area contributed by atoms with Crippen LogP contribution in [0.3, 0.4) is 0 Å². The van der Waals surface area contributed by atoms with E-state index in [1.54, 1.807) is 6.08 Å². The number of benzene rings is 1. The molecule has 1 rings (SSSR count). The first kappa shape index (κ1) is 15.4. The molecule has 0 heterocycles. The number of nitrogens with zero attached hydrogens (tertiary/aromatic N) is 1. The van der Waals surface area contributed by atoms with E-state index in [9.17, 15) is 4.79 Å². The first-order chi connectivity index (χ1) is 8.95. The van der Waals surface area contributed by atoms with Gasteiger partial charge in [0.2, 0.25) is 0 Å². The molecule has 0 bridgehead atoms. The molecule has 0 aliphatic carbocycles. The topological polar surface area (TPSA) is 40.5 Å². The van der Waals surface area contributed by atoms with Crippen LogP contribution in [0.15, 0.2) is 36.9 Å². The van der Waals surface area contributed by atoms with Gasteiger partial charge in [0.1, 0.15) is 0 Å². The van der Waals surface area contributed by atoms with Crippen LogP contribution in [0.25, 0.3) is 0 Å². The maximum absolute atomic E-state index is 10.9. The van der Waals surface area contributed by atoms with Crippen molar-refractivity contribution in [3.8, 4) is 0 Å². The van der Waals surface area contributed by atoms with Crippen LogP contribution in [0.2, 0.25) is 0 Å². The van der Waals surface area contributed by atoms with E-state index in [-0.39, 0.29) is 12.6 Å². The monoisotopic (exact) mass is 261 g/mol. The fourth-order valence-corrected chi connectivity index (χ4v) is 2.07. The molecule has 1 aromatic rings. The molecular formula is C16H23NO2. The van der Waals surface area contributed by atoms with Crippen molar-refractivity contribution in [2.24, 2.45) is 0 Å². The van der Waals surface area contributed by atoms with Gasteiger partial charge in [-0.3, -0.25) is 9.69 Å². The third-order valence-corrected chi connectivity index (χ3v) is 3.34. The summed E-state index contributed by atoms with van der Waals surface area (Å²) in [5.41, 5.74) is 2.43. The molecule has 0 spiro atoms. The zero-order valence-electron chi connectivity index (χ0n) is 12.0. The van der Waals surface area contributed by atoms with Crippen molar-refractivity contribution in [2.45, 2.75) is 32.7 Å². The average molecular weight is 261 g/mol. The summed E-state index contributed by atoms with van der Waals surface area (Å²) < 4.78 is 0. The number of hydrogen-bond acceptors (Lipinski definition) is 2. The van der Waals surface area contributed by atoms with Gasteiger partial charge < -0.3 is 5.11 Å². The molecule has 1 aromatic carbocycles. The van der Waals surface area contributed by atoms with E-state index < -0.39 is 5.97 Å². The summed E-state index contributed by atoms with van der Waals surface area (Å²) >= 11 is 0. The molecule has 104 valence electrons. The summed E-state index contributed by atoms with van der Waals surface area (Å²) in [6, 6.07) is 8.46. The van der Waals surface area contributed by atoms with Gasteiger partial charge in [-0.1, -0.05) is 44.2 Å². The lowest BCUT2D eigenvalue weighted by atomic mass is 9.99. The summed E-state index contributed by atoms with van der Waals surface area (Å²) in [5, 5.41) is 8.95. The van der Waals surface area contributed by atoms with Crippen LogP contribution < -0.4 is 0 Å². The van der Waals surface area contributed by atoms with Crippen LogP contribution >= 0.6 is 0 Å². The second kappa shape index (κ2) is 7.10. The highest BCUT2D eigenvalue weighted by molar-refractivity contribution is 5.69. The number of carbonyl (C=O) groups is 1. The number of hydrogen-bond donors (Lipinski definition) is 1. The number of aliphatic carboxylic acids is 1. The SMILES string of the molecule is C=CCN(CC(=O)O)C(C)c1ccc(C(C)C)cc1. The maximum atomic E-state index is 10.9. The van der Waals surface area contributed by atoms with E-state index >= 15 is 0 Å². The summed E-state index contributed by atoms with van der Waals surface area (Å²) in [4.78, 5) is 12.8. The van der Waals surface area contributed by atoms with Crippen molar-refractivity contribution < 1.29 is 9.90 Å². The molecule has 3 heteroatoms. The highest BCUT2D eigenvalue weighted by atomic mass is 16.4. The van der Waals surface area contributed by atoms with Crippen LogP contribution in [-0.2, 0) is 4.79 Å². The van der Waals surface area contributed by atoms with Crippen molar-refractivity contribution in [1.82, 2.24) is 4.90 Å². The van der Waals surface area contributed by atoms with E-state index in [0.29, 0.717) is 12.5 Å². The predicted octanol–water partition coefficient (Wildman–Crippen LogP) is 3.44. The smallest absolute Gasteiger partial charge is 0.317 e. The van der Waals surface area contributed by atoms with Crippen LogP contribution in [0.4, 0.5) is 0 Å². The standard InChI is InChI=1S/C16H23NO2/c1-5-10-17(11-16(18)19)13(4)15-8-6-14(7-9-15)12(2)3/h5-9,12-13H,1,10-11H2,2-4H3,(H,18,19). The lowest BCUT2D eigenvalue weighted by Crippen LogP contribution is -2.32. The van der Waals surface area contributed by atoms with Gasteiger partial charge in [0.05, 0.1) is 6.54 Å². The quantitative estimate of drug-likeness (QED) is 0.764. The Bertz CT molecular complexity index is 423. The Hall–Kier alpha value is -1.61. The lowest BCUT2D eigenvalue weighted by Gasteiger charge is -2.26.